The van der Waals surface area contributed by atoms with Crippen molar-refractivity contribution in [1.82, 2.24) is 5.48 Å². The second-order valence-electron chi connectivity index (χ2n) is 3.55. The Kier molecular flexibility index (Phi) is 39.7. The van der Waals surface area contributed by atoms with Gasteiger partial charge in [0.2, 0.25) is 0 Å². The summed E-state index contributed by atoms with van der Waals surface area (Å²) in [7, 11) is 0. The number of nitrogens with two attached hydrogens (primary N) is 1. The molecule has 8 N–H and O–H groups in total. The summed E-state index contributed by atoms with van der Waals surface area (Å²) in [6, 6.07) is 0.0694. The van der Waals surface area contributed by atoms with Crippen molar-refractivity contribution in [1.29, 1.82) is 0 Å². The number of aliphatic carboxylic acids is 4. The van der Waals surface area contributed by atoms with Crippen molar-refractivity contribution in [2.75, 3.05) is 6.54 Å². The molecule has 23 heavy (non-hydrogen) atoms. The molecular formula is C12H28N2O9. The third kappa shape index (κ3) is 441. The molecule has 1 atom stereocenters. The van der Waals surface area contributed by atoms with Gasteiger partial charge in [0.1, 0.15) is 0 Å². The van der Waals surface area contributed by atoms with Crippen LogP contribution in [0.2, 0.25) is 0 Å². The molecule has 0 amide bonds. The summed E-state index contributed by atoms with van der Waals surface area (Å²) in [5.74, 6) is -3.33. The molecule has 0 saturated heterocycles. The Morgan fingerprint density at radius 3 is 1.00 bits per heavy atom. The molecule has 0 saturated carbocycles. The van der Waals surface area contributed by atoms with Crippen molar-refractivity contribution < 1.29 is 44.8 Å². The SMILES string of the molecule is CC(=O)O.CC(=O)O.CC(=O)O.CC(=O)O.CCC(CN)NO. The molecule has 0 aromatic carbocycles. The summed E-state index contributed by atoms with van der Waals surface area (Å²) in [6.45, 7) is 6.79. The maximum atomic E-state index is 9.00. The summed E-state index contributed by atoms with van der Waals surface area (Å²) >= 11 is 0. The van der Waals surface area contributed by atoms with Crippen LogP contribution < -0.4 is 11.2 Å². The van der Waals surface area contributed by atoms with Crippen molar-refractivity contribution in [2.45, 2.75) is 47.1 Å². The van der Waals surface area contributed by atoms with Crippen molar-refractivity contribution in [3.63, 3.8) is 0 Å². The number of hydrogen-bond donors (Lipinski definition) is 7. The fourth-order valence-corrected chi connectivity index (χ4v) is 0.311. The first-order chi connectivity index (χ1) is 10.3. The molecule has 1 unspecified atom stereocenters. The highest BCUT2D eigenvalue weighted by Crippen LogP contribution is 1.82. The average molecular weight is 344 g/mol. The summed E-state index contributed by atoms with van der Waals surface area (Å²) in [5, 5.41) is 37.9. The standard InChI is InChI=1S/C4H12N2O.4C2H4O2/c1-2-4(3-5)6-7;4*1-2(3)4/h4,6-7H,2-3,5H2,1H3;4*1H3,(H,3,4). The zero-order valence-corrected chi connectivity index (χ0v) is 13.9. The second kappa shape index (κ2) is 28.0. The van der Waals surface area contributed by atoms with E-state index in [1.165, 1.54) is 0 Å². The van der Waals surface area contributed by atoms with E-state index in [1.54, 1.807) is 0 Å². The van der Waals surface area contributed by atoms with E-state index in [2.05, 4.69) is 5.48 Å². The molecule has 140 valence electrons. The minimum absolute atomic E-state index is 0.0694. The lowest BCUT2D eigenvalue weighted by Crippen LogP contribution is -2.32. The molecule has 0 aromatic heterocycles. The number of hydroxylamine groups is 1. The van der Waals surface area contributed by atoms with Gasteiger partial charge in [0.05, 0.1) is 0 Å². The van der Waals surface area contributed by atoms with Gasteiger partial charge < -0.3 is 31.4 Å². The molecule has 0 radical (unpaired) electrons. The highest BCUT2D eigenvalue weighted by atomic mass is 16.5. The van der Waals surface area contributed by atoms with E-state index in [0.717, 1.165) is 34.1 Å². The van der Waals surface area contributed by atoms with Crippen LogP contribution in [0.25, 0.3) is 0 Å². The third-order valence-corrected chi connectivity index (χ3v) is 0.960. The highest BCUT2D eigenvalue weighted by molar-refractivity contribution is 5.63. The Hall–Kier alpha value is -2.24. The fraction of sp³-hybridized carbons (Fsp3) is 0.667. The van der Waals surface area contributed by atoms with Crippen LogP contribution in [-0.2, 0) is 19.2 Å². The molecule has 0 rings (SSSR count). The first-order valence-corrected chi connectivity index (χ1v) is 6.16. The topological polar surface area (TPSA) is 207 Å². The molecule has 0 aliphatic carbocycles. The van der Waals surface area contributed by atoms with Gasteiger partial charge in [0.25, 0.3) is 23.9 Å². The maximum absolute atomic E-state index is 9.00. The average Bonchev–Trinajstić information content (AvgIpc) is 2.28. The number of carbonyl (C=O) groups is 4. The van der Waals surface area contributed by atoms with E-state index in [4.69, 9.17) is 50.5 Å². The van der Waals surface area contributed by atoms with Crippen LogP contribution in [0.4, 0.5) is 0 Å². The number of carboxylic acid groups (broad SMARTS) is 4. The predicted molar refractivity (Wildman–Crippen MR) is 81.3 cm³/mol. The lowest BCUT2D eigenvalue weighted by molar-refractivity contribution is -0.135. The largest absolute Gasteiger partial charge is 0.481 e. The summed E-state index contributed by atoms with van der Waals surface area (Å²) in [5.41, 5.74) is 7.25. The number of carboxylic acids is 4. The minimum Gasteiger partial charge on any atom is -0.481 e. The van der Waals surface area contributed by atoms with Gasteiger partial charge in [-0.05, 0) is 6.42 Å². The summed E-state index contributed by atoms with van der Waals surface area (Å²) in [4.78, 5) is 36.0. The Morgan fingerprint density at radius 1 is 0.826 bits per heavy atom. The van der Waals surface area contributed by atoms with E-state index >= 15 is 0 Å². The van der Waals surface area contributed by atoms with Crippen LogP contribution in [0, 0.1) is 0 Å². The zero-order valence-electron chi connectivity index (χ0n) is 13.9. The molecule has 0 heterocycles. The molecule has 0 bridgehead atoms. The van der Waals surface area contributed by atoms with Gasteiger partial charge in [-0.25, -0.2) is 5.48 Å². The lowest BCUT2D eigenvalue weighted by Gasteiger charge is -2.06. The molecule has 0 aromatic rings. The van der Waals surface area contributed by atoms with Gasteiger partial charge in [-0.2, -0.15) is 0 Å². The first kappa shape index (κ1) is 32.6. The van der Waals surface area contributed by atoms with E-state index < -0.39 is 23.9 Å². The van der Waals surface area contributed by atoms with Crippen LogP contribution in [0.3, 0.4) is 0 Å². The Balaban J connectivity index is -0.0000000604. The molecular weight excluding hydrogens is 316 g/mol. The normalized spacial score (nSPS) is 8.65. The van der Waals surface area contributed by atoms with Gasteiger partial charge in [0.15, 0.2) is 0 Å². The number of rotatable bonds is 3. The lowest BCUT2D eigenvalue weighted by atomic mass is 10.2. The second-order valence-corrected chi connectivity index (χ2v) is 3.55. The van der Waals surface area contributed by atoms with E-state index in [1.807, 2.05) is 6.92 Å². The molecule has 0 fully saturated rings. The molecule has 11 heteroatoms. The van der Waals surface area contributed by atoms with Crippen molar-refractivity contribution in [2.24, 2.45) is 5.73 Å². The van der Waals surface area contributed by atoms with Gasteiger partial charge in [0, 0.05) is 40.3 Å². The van der Waals surface area contributed by atoms with E-state index in [-0.39, 0.29) is 6.04 Å². The van der Waals surface area contributed by atoms with Gasteiger partial charge in [-0.1, -0.05) is 6.92 Å². The minimum atomic E-state index is -0.833. The van der Waals surface area contributed by atoms with E-state index in [0.29, 0.717) is 6.54 Å². The van der Waals surface area contributed by atoms with Crippen molar-refractivity contribution in [3.05, 3.63) is 0 Å². The van der Waals surface area contributed by atoms with Crippen LogP contribution in [0.15, 0.2) is 0 Å². The maximum Gasteiger partial charge on any atom is 0.300 e. The quantitative estimate of drug-likeness (QED) is 0.340. The van der Waals surface area contributed by atoms with Crippen molar-refractivity contribution in [3.8, 4) is 0 Å². The Labute approximate surface area is 134 Å². The van der Waals surface area contributed by atoms with Crippen LogP contribution in [0.5, 0.6) is 0 Å². The molecule has 0 aliphatic heterocycles. The van der Waals surface area contributed by atoms with Crippen LogP contribution in [0.1, 0.15) is 41.0 Å². The molecule has 0 aliphatic rings. The molecule has 11 nitrogen and oxygen atoms in total. The number of hydrogen-bond acceptors (Lipinski definition) is 7. The third-order valence-electron chi connectivity index (χ3n) is 0.960. The first-order valence-electron chi connectivity index (χ1n) is 6.16. The fourth-order valence-electron chi connectivity index (χ4n) is 0.311. The predicted octanol–water partition coefficient (Wildman–Crippen LogP) is 0.0661. The Bertz CT molecular complexity index is 235. The highest BCUT2D eigenvalue weighted by Gasteiger charge is 1.96. The number of nitrogens with one attached hydrogen (secondary N) is 1. The summed E-state index contributed by atoms with van der Waals surface area (Å²) < 4.78 is 0. The van der Waals surface area contributed by atoms with E-state index in [9.17, 15) is 0 Å². The van der Waals surface area contributed by atoms with Crippen LogP contribution >= 0.6 is 0 Å². The van der Waals surface area contributed by atoms with Crippen molar-refractivity contribution >= 4 is 23.9 Å². The van der Waals surface area contributed by atoms with Gasteiger partial charge in [-0.15, -0.1) is 0 Å². The van der Waals surface area contributed by atoms with Gasteiger partial charge >= 0.3 is 0 Å². The van der Waals surface area contributed by atoms with Crippen LogP contribution in [-0.4, -0.2) is 62.1 Å². The Morgan fingerprint density at radius 2 is 1.00 bits per heavy atom. The monoisotopic (exact) mass is 344 g/mol. The zero-order chi connectivity index (χ0) is 20.0. The van der Waals surface area contributed by atoms with Gasteiger partial charge in [-0.3, -0.25) is 19.2 Å². The molecule has 0 spiro atoms. The smallest absolute Gasteiger partial charge is 0.300 e. The summed E-state index contributed by atoms with van der Waals surface area (Å²) in [6.07, 6.45) is 0.868.